The molecule has 2 aliphatic rings. The van der Waals surface area contributed by atoms with Crippen LogP contribution in [0.3, 0.4) is 0 Å². The molecule has 0 aliphatic carbocycles. The highest BCUT2D eigenvalue weighted by Crippen LogP contribution is 2.30. The first-order chi connectivity index (χ1) is 44.6. The second-order valence-electron chi connectivity index (χ2n) is 26.4. The molecule has 2 rings (SSSR count). The molecule has 0 spiro atoms. The molecule has 2 saturated heterocycles. The Morgan fingerprint density at radius 2 is 0.736 bits per heavy atom. The van der Waals surface area contributed by atoms with E-state index in [1.54, 1.807) is 6.08 Å². The Morgan fingerprint density at radius 3 is 1.15 bits per heavy atom. The topological polar surface area (TPSA) is 228 Å². The number of ether oxygens (including phenoxy) is 4. The van der Waals surface area contributed by atoms with Crippen LogP contribution in [0, 0.1) is 0 Å². The Bertz CT molecular complexity index is 1800. The average molecular weight is 1290 g/mol. The molecular formula is C77H139NO13. The van der Waals surface area contributed by atoms with E-state index in [-0.39, 0.29) is 18.9 Å². The molecule has 91 heavy (non-hydrogen) atoms. The molecule has 14 heteroatoms. The molecule has 2 aliphatic heterocycles. The molecule has 0 radical (unpaired) electrons. The minimum atomic E-state index is -1.80. The van der Waals surface area contributed by atoms with Gasteiger partial charge in [0.25, 0.3) is 0 Å². The van der Waals surface area contributed by atoms with Crippen molar-refractivity contribution in [3.8, 4) is 0 Å². The zero-order chi connectivity index (χ0) is 65.9. The summed E-state index contributed by atoms with van der Waals surface area (Å²) in [4.78, 5) is 13.4. The van der Waals surface area contributed by atoms with Crippen LogP contribution >= 0.6 is 0 Å². The van der Waals surface area contributed by atoms with Crippen LogP contribution in [-0.4, -0.2) is 140 Å². The van der Waals surface area contributed by atoms with Crippen molar-refractivity contribution in [2.24, 2.45) is 0 Å². The third kappa shape index (κ3) is 44.7. The summed E-state index contributed by atoms with van der Waals surface area (Å²) in [5.74, 6) is -0.251. The van der Waals surface area contributed by atoms with Gasteiger partial charge in [0, 0.05) is 6.42 Å². The van der Waals surface area contributed by atoms with E-state index in [1.165, 1.54) is 225 Å². The van der Waals surface area contributed by atoms with Crippen molar-refractivity contribution in [1.82, 2.24) is 5.32 Å². The quantitative estimate of drug-likeness (QED) is 0.0204. The average Bonchev–Trinajstić information content (AvgIpc) is 1.25. The Hall–Kier alpha value is -2.57. The Labute approximate surface area is 555 Å². The van der Waals surface area contributed by atoms with Crippen LogP contribution in [0.5, 0.6) is 0 Å². The van der Waals surface area contributed by atoms with Gasteiger partial charge in [-0.05, 0) is 83.5 Å². The summed E-state index contributed by atoms with van der Waals surface area (Å²) < 4.78 is 22.9. The zero-order valence-electron chi connectivity index (χ0n) is 57.8. The van der Waals surface area contributed by atoms with Gasteiger partial charge >= 0.3 is 0 Å². The summed E-state index contributed by atoms with van der Waals surface area (Å²) in [5.41, 5.74) is 0. The van der Waals surface area contributed by atoms with Gasteiger partial charge < -0.3 is 65.1 Å². The van der Waals surface area contributed by atoms with E-state index in [0.717, 1.165) is 57.8 Å². The molecule has 0 aromatic carbocycles. The number of hydrogen-bond acceptors (Lipinski definition) is 13. The van der Waals surface area contributed by atoms with Crippen LogP contribution in [0.25, 0.3) is 0 Å². The maximum atomic E-state index is 13.4. The third-order valence-corrected chi connectivity index (χ3v) is 18.1. The van der Waals surface area contributed by atoms with Gasteiger partial charge in [0.1, 0.15) is 48.8 Å². The van der Waals surface area contributed by atoms with Gasteiger partial charge in [-0.25, -0.2) is 0 Å². The number of aliphatic hydroxyl groups excluding tert-OH is 8. The van der Waals surface area contributed by atoms with Crippen molar-refractivity contribution < 1.29 is 64.6 Å². The maximum Gasteiger partial charge on any atom is 0.220 e. The molecule has 0 aromatic rings. The summed E-state index contributed by atoms with van der Waals surface area (Å²) in [7, 11) is 0. The predicted octanol–water partition coefficient (Wildman–Crippen LogP) is 16.2. The Balaban J connectivity index is 1.67. The van der Waals surface area contributed by atoms with E-state index < -0.39 is 86.8 Å². The highest BCUT2D eigenvalue weighted by atomic mass is 16.7. The van der Waals surface area contributed by atoms with Crippen molar-refractivity contribution in [3.63, 3.8) is 0 Å². The Morgan fingerprint density at radius 1 is 0.396 bits per heavy atom. The van der Waals surface area contributed by atoms with E-state index in [9.17, 15) is 45.6 Å². The van der Waals surface area contributed by atoms with Crippen LogP contribution in [0.1, 0.15) is 316 Å². The molecule has 14 nitrogen and oxygen atoms in total. The highest BCUT2D eigenvalue weighted by Gasteiger charge is 2.51. The summed E-state index contributed by atoms with van der Waals surface area (Å²) in [5, 5.41) is 87.5. The minimum Gasteiger partial charge on any atom is -0.394 e. The van der Waals surface area contributed by atoms with Crippen LogP contribution in [0.2, 0.25) is 0 Å². The maximum absolute atomic E-state index is 13.4. The van der Waals surface area contributed by atoms with E-state index >= 15 is 0 Å². The number of rotatable bonds is 62. The fraction of sp³-hybridized carbons (Fsp3) is 0.831. The first-order valence-corrected chi connectivity index (χ1v) is 37.7. The van der Waals surface area contributed by atoms with Crippen molar-refractivity contribution in [3.05, 3.63) is 72.9 Å². The molecular weight excluding hydrogens is 1150 g/mol. The lowest BCUT2D eigenvalue weighted by Crippen LogP contribution is -2.65. The van der Waals surface area contributed by atoms with Gasteiger partial charge in [-0.1, -0.05) is 299 Å². The smallest absolute Gasteiger partial charge is 0.220 e. The first kappa shape index (κ1) is 84.5. The lowest BCUT2D eigenvalue weighted by molar-refractivity contribution is -0.359. The number of hydrogen-bond donors (Lipinski definition) is 9. The van der Waals surface area contributed by atoms with Crippen molar-refractivity contribution in [2.75, 3.05) is 19.8 Å². The molecule has 0 saturated carbocycles. The number of carbonyl (C=O) groups is 1. The van der Waals surface area contributed by atoms with E-state index in [1.807, 2.05) is 6.08 Å². The normalized spacial score (nSPS) is 23.2. The van der Waals surface area contributed by atoms with Gasteiger partial charge in [0.05, 0.1) is 32.0 Å². The highest BCUT2D eigenvalue weighted by molar-refractivity contribution is 5.76. The van der Waals surface area contributed by atoms with Gasteiger partial charge in [-0.2, -0.15) is 0 Å². The number of allylic oxidation sites excluding steroid dienone is 11. The van der Waals surface area contributed by atoms with E-state index in [0.29, 0.717) is 12.8 Å². The van der Waals surface area contributed by atoms with Crippen LogP contribution < -0.4 is 5.32 Å². The molecule has 12 atom stereocenters. The number of unbranched alkanes of at least 4 members (excludes halogenated alkanes) is 39. The third-order valence-electron chi connectivity index (χ3n) is 18.1. The molecule has 0 aromatic heterocycles. The predicted molar refractivity (Wildman–Crippen MR) is 373 cm³/mol. The standard InChI is InChI=1S/C77H139NO13/c1-3-5-7-9-11-13-15-17-19-21-23-25-27-29-31-32-33-34-35-37-39-41-43-45-47-49-51-53-55-57-59-61-69(82)78-65(64-88-76-74(87)72(85)75(68(63-80)90-76)91-77-73(86)71(84)70(83)67(62-79)89-77)66(81)60-58-56-54-52-50-48-46-44-42-40-38-36-30-28-26-24-22-20-18-16-14-12-10-8-6-4-2/h15,17,21,23,27,29,42,44,50,52,58,60,65-68,70-77,79-81,83-87H,3-14,16,18-20,22,24-26,28,30-41,43,45-49,51,53-57,59,61-64H2,1-2H3,(H,78,82)/b17-15-,23-21-,29-27-,44-42+,52-50+,60-58+. The molecule has 9 N–H and O–H groups in total. The molecule has 1 amide bonds. The summed E-state index contributed by atoms with van der Waals surface area (Å²) in [6, 6.07) is -0.942. The van der Waals surface area contributed by atoms with Crippen molar-refractivity contribution >= 4 is 5.91 Å². The molecule has 530 valence electrons. The van der Waals surface area contributed by atoms with Crippen LogP contribution in [0.4, 0.5) is 0 Å². The number of amides is 1. The molecule has 12 unspecified atom stereocenters. The number of nitrogens with one attached hydrogen (secondary N) is 1. The van der Waals surface area contributed by atoms with Gasteiger partial charge in [0.15, 0.2) is 12.6 Å². The first-order valence-electron chi connectivity index (χ1n) is 37.7. The van der Waals surface area contributed by atoms with Crippen molar-refractivity contribution in [2.45, 2.75) is 389 Å². The summed E-state index contributed by atoms with van der Waals surface area (Å²) >= 11 is 0. The minimum absolute atomic E-state index is 0.251. The van der Waals surface area contributed by atoms with Crippen LogP contribution in [0.15, 0.2) is 72.9 Å². The van der Waals surface area contributed by atoms with Crippen molar-refractivity contribution in [1.29, 1.82) is 0 Å². The Kier molecular flexibility index (Phi) is 56.7. The fourth-order valence-corrected chi connectivity index (χ4v) is 12.1. The fourth-order valence-electron chi connectivity index (χ4n) is 12.1. The number of aliphatic hydroxyl groups is 8. The summed E-state index contributed by atoms with van der Waals surface area (Å²) in [6.07, 6.45) is 66.8. The zero-order valence-corrected chi connectivity index (χ0v) is 57.8. The SMILES string of the molecule is CCCCCCC/C=C\C/C=C\C/C=C\CCCCCCCCCCCCCCCCCCC(=O)NC(COC1OC(CO)C(OC2OC(CO)C(O)C(O)C2O)C(O)C1O)C(O)/C=C/CC/C=C/CC/C=C/CCCCCCCCCCCCCCCCCC. The van der Waals surface area contributed by atoms with Gasteiger partial charge in [0.2, 0.25) is 5.91 Å². The number of carbonyl (C=O) groups excluding carboxylic acids is 1. The molecule has 2 fully saturated rings. The lowest BCUT2D eigenvalue weighted by atomic mass is 9.97. The summed E-state index contributed by atoms with van der Waals surface area (Å²) in [6.45, 7) is 2.80. The lowest BCUT2D eigenvalue weighted by Gasteiger charge is -2.46. The van der Waals surface area contributed by atoms with Crippen LogP contribution in [-0.2, 0) is 23.7 Å². The van der Waals surface area contributed by atoms with E-state index in [4.69, 9.17) is 18.9 Å². The second-order valence-corrected chi connectivity index (χ2v) is 26.4. The second kappa shape index (κ2) is 61.1. The van der Waals surface area contributed by atoms with E-state index in [2.05, 4.69) is 79.9 Å². The molecule has 2 heterocycles. The van der Waals surface area contributed by atoms with Gasteiger partial charge in [-0.3, -0.25) is 4.79 Å². The largest absolute Gasteiger partial charge is 0.394 e. The molecule has 0 bridgehead atoms. The van der Waals surface area contributed by atoms with Gasteiger partial charge in [-0.15, -0.1) is 0 Å². The monoisotopic (exact) mass is 1290 g/mol.